The molecule has 3 aliphatic heterocycles. The van der Waals surface area contributed by atoms with Crippen molar-refractivity contribution >= 4 is 6.03 Å². The molecule has 3 heterocycles. The topological polar surface area (TPSA) is 86.3 Å². The highest BCUT2D eigenvalue weighted by Crippen LogP contribution is 2.39. The third-order valence-electron chi connectivity index (χ3n) is 10.5. The number of benzene rings is 4. The highest BCUT2D eigenvalue weighted by molar-refractivity contribution is 5.75. The van der Waals surface area contributed by atoms with Gasteiger partial charge in [0.05, 0.1) is 18.8 Å². The van der Waals surface area contributed by atoms with E-state index in [1.165, 1.54) is 38.8 Å². The van der Waals surface area contributed by atoms with Crippen LogP contribution in [0.4, 0.5) is 4.79 Å². The first-order valence-corrected chi connectivity index (χ1v) is 18.3. The van der Waals surface area contributed by atoms with E-state index in [9.17, 15) is 9.90 Å². The molecular formula is C42H50N4O4. The SMILES string of the molecule is O=C(NCc1ccccc1)NCc1ccccc1-c1ccc([C@@H]2O[C@H](CN3CCC[C@H]3CN3CCCC3)C[C@H](c3ccc(CO)cc3)O2)cc1. The number of likely N-dealkylation sites (tertiary alicyclic amines) is 2. The van der Waals surface area contributed by atoms with Crippen LogP contribution in [0.3, 0.4) is 0 Å². The first-order valence-electron chi connectivity index (χ1n) is 18.3. The number of rotatable bonds is 12. The molecule has 0 radical (unpaired) electrons. The molecule has 0 bridgehead atoms. The van der Waals surface area contributed by atoms with Gasteiger partial charge in [0.1, 0.15) is 0 Å². The van der Waals surface area contributed by atoms with Crippen molar-refractivity contribution in [3.8, 4) is 11.1 Å². The van der Waals surface area contributed by atoms with Crippen LogP contribution in [0.2, 0.25) is 0 Å². The molecule has 4 aromatic rings. The lowest BCUT2D eigenvalue weighted by Crippen LogP contribution is -2.45. The van der Waals surface area contributed by atoms with Gasteiger partial charge in [-0.25, -0.2) is 4.79 Å². The molecule has 0 saturated carbocycles. The van der Waals surface area contributed by atoms with E-state index in [0.717, 1.165) is 65.0 Å². The fraction of sp³-hybridized carbons (Fsp3) is 0.405. The molecule has 3 saturated heterocycles. The van der Waals surface area contributed by atoms with E-state index >= 15 is 0 Å². The second-order valence-electron chi connectivity index (χ2n) is 13.9. The molecule has 8 heteroatoms. The predicted molar refractivity (Wildman–Crippen MR) is 196 cm³/mol. The Bertz CT molecular complexity index is 1660. The number of amides is 2. The number of hydrogen-bond acceptors (Lipinski definition) is 6. The zero-order chi connectivity index (χ0) is 34.1. The molecule has 4 atom stereocenters. The number of aliphatic hydroxyl groups is 1. The van der Waals surface area contributed by atoms with Crippen LogP contribution < -0.4 is 10.6 Å². The molecule has 0 aliphatic carbocycles. The van der Waals surface area contributed by atoms with Crippen LogP contribution in [0.5, 0.6) is 0 Å². The predicted octanol–water partition coefficient (Wildman–Crippen LogP) is 6.95. The molecule has 3 fully saturated rings. The minimum atomic E-state index is -0.491. The van der Waals surface area contributed by atoms with Crippen LogP contribution in [0.1, 0.15) is 72.3 Å². The quantitative estimate of drug-likeness (QED) is 0.151. The van der Waals surface area contributed by atoms with Gasteiger partial charge in [0, 0.05) is 44.2 Å². The fourth-order valence-corrected chi connectivity index (χ4v) is 7.69. The van der Waals surface area contributed by atoms with Crippen LogP contribution in [-0.4, -0.2) is 65.8 Å². The molecule has 8 nitrogen and oxygen atoms in total. The maximum atomic E-state index is 12.6. The number of carbonyl (C=O) groups is 1. The van der Waals surface area contributed by atoms with Gasteiger partial charge in [-0.1, -0.05) is 103 Å². The van der Waals surface area contributed by atoms with Gasteiger partial charge in [-0.15, -0.1) is 0 Å². The average molecular weight is 675 g/mol. The number of ether oxygens (including phenoxy) is 2. The number of nitrogens with zero attached hydrogens (tertiary/aromatic N) is 2. The Morgan fingerprint density at radius 3 is 2.22 bits per heavy atom. The van der Waals surface area contributed by atoms with E-state index in [1.54, 1.807) is 0 Å². The molecule has 0 spiro atoms. The zero-order valence-electron chi connectivity index (χ0n) is 28.9. The molecule has 3 aliphatic rings. The molecule has 4 aromatic carbocycles. The maximum absolute atomic E-state index is 12.6. The lowest BCUT2D eigenvalue weighted by molar-refractivity contribution is -0.253. The maximum Gasteiger partial charge on any atom is 0.315 e. The zero-order valence-corrected chi connectivity index (χ0v) is 28.9. The molecule has 7 rings (SSSR count). The van der Waals surface area contributed by atoms with Crippen molar-refractivity contribution < 1.29 is 19.4 Å². The highest BCUT2D eigenvalue weighted by atomic mass is 16.7. The summed E-state index contributed by atoms with van der Waals surface area (Å²) in [6.07, 6.45) is 5.37. The normalized spacial score (nSPS) is 22.8. The number of hydrogen-bond donors (Lipinski definition) is 3. The monoisotopic (exact) mass is 674 g/mol. The van der Waals surface area contributed by atoms with Gasteiger partial charge in [-0.05, 0) is 78.7 Å². The lowest BCUT2D eigenvalue weighted by Gasteiger charge is -2.39. The van der Waals surface area contributed by atoms with E-state index in [1.807, 2.05) is 54.6 Å². The summed E-state index contributed by atoms with van der Waals surface area (Å²) < 4.78 is 13.5. The fourth-order valence-electron chi connectivity index (χ4n) is 7.69. The summed E-state index contributed by atoms with van der Waals surface area (Å²) in [5.41, 5.74) is 7.24. The second kappa shape index (κ2) is 16.8. The molecule has 3 N–H and O–H groups in total. The highest BCUT2D eigenvalue weighted by Gasteiger charge is 2.36. The van der Waals surface area contributed by atoms with Crippen molar-refractivity contribution in [3.05, 3.63) is 131 Å². The van der Waals surface area contributed by atoms with Crippen LogP contribution in [-0.2, 0) is 29.2 Å². The van der Waals surface area contributed by atoms with Crippen molar-refractivity contribution in [1.29, 1.82) is 0 Å². The summed E-state index contributed by atoms with van der Waals surface area (Å²) in [5.74, 6) is 0. The number of aliphatic hydroxyl groups excluding tert-OH is 1. The van der Waals surface area contributed by atoms with Gasteiger partial charge in [-0.2, -0.15) is 0 Å². The van der Waals surface area contributed by atoms with E-state index < -0.39 is 6.29 Å². The van der Waals surface area contributed by atoms with Gasteiger partial charge in [0.2, 0.25) is 0 Å². The molecule has 2 amide bonds. The van der Waals surface area contributed by atoms with Crippen molar-refractivity contribution in [3.63, 3.8) is 0 Å². The summed E-state index contributed by atoms with van der Waals surface area (Å²) in [6.45, 7) is 6.57. The summed E-state index contributed by atoms with van der Waals surface area (Å²) in [5, 5.41) is 15.6. The van der Waals surface area contributed by atoms with E-state index in [4.69, 9.17) is 9.47 Å². The summed E-state index contributed by atoms with van der Waals surface area (Å²) in [7, 11) is 0. The third-order valence-corrected chi connectivity index (χ3v) is 10.5. The van der Waals surface area contributed by atoms with Gasteiger partial charge in [0.15, 0.2) is 6.29 Å². The largest absolute Gasteiger partial charge is 0.392 e. The summed E-state index contributed by atoms with van der Waals surface area (Å²) in [6, 6.07) is 35.1. The van der Waals surface area contributed by atoms with Gasteiger partial charge in [0.25, 0.3) is 0 Å². The van der Waals surface area contributed by atoms with Crippen molar-refractivity contribution in [2.45, 2.75) is 76.3 Å². The smallest absolute Gasteiger partial charge is 0.315 e. The Kier molecular flexibility index (Phi) is 11.5. The lowest BCUT2D eigenvalue weighted by atomic mass is 9.97. The van der Waals surface area contributed by atoms with Crippen molar-refractivity contribution in [2.24, 2.45) is 0 Å². The summed E-state index contributed by atoms with van der Waals surface area (Å²) in [4.78, 5) is 17.9. The number of carbonyl (C=O) groups excluding carboxylic acids is 1. The molecule has 0 unspecified atom stereocenters. The van der Waals surface area contributed by atoms with Crippen LogP contribution in [0, 0.1) is 0 Å². The first-order chi connectivity index (χ1) is 24.6. The number of urea groups is 1. The standard InChI is InChI=1S/C42H50N4O4/c47-30-32-14-16-34(17-15-32)40-25-38(29-46-24-8-12-37(46)28-45-22-6-7-23-45)49-41(50-40)35-20-18-33(19-21-35)39-13-5-4-11-36(39)27-44-42(48)43-26-31-9-2-1-3-10-31/h1-5,9-11,13-21,37-38,40-41,47H,6-8,12,22-30H2,(H2,43,44,48)/t37-,38-,40+,41+/m0/s1. The van der Waals surface area contributed by atoms with Crippen LogP contribution in [0.15, 0.2) is 103 Å². The molecule has 0 aromatic heterocycles. The van der Waals surface area contributed by atoms with Gasteiger partial charge >= 0.3 is 6.03 Å². The van der Waals surface area contributed by atoms with E-state index in [2.05, 4.69) is 69.0 Å². The average Bonchev–Trinajstić information content (AvgIpc) is 3.86. The second-order valence-corrected chi connectivity index (χ2v) is 13.9. The molecule has 50 heavy (non-hydrogen) atoms. The Balaban J connectivity index is 1.03. The van der Waals surface area contributed by atoms with Crippen LogP contribution in [0.25, 0.3) is 11.1 Å². The Morgan fingerprint density at radius 2 is 1.44 bits per heavy atom. The number of nitrogens with one attached hydrogen (secondary N) is 2. The minimum Gasteiger partial charge on any atom is -0.392 e. The Labute approximate surface area is 296 Å². The van der Waals surface area contributed by atoms with Crippen molar-refractivity contribution in [1.82, 2.24) is 20.4 Å². The van der Waals surface area contributed by atoms with E-state index in [-0.39, 0.29) is 24.8 Å². The third kappa shape index (κ3) is 8.81. The van der Waals surface area contributed by atoms with E-state index in [0.29, 0.717) is 19.1 Å². The summed E-state index contributed by atoms with van der Waals surface area (Å²) >= 11 is 0. The van der Waals surface area contributed by atoms with Gasteiger partial charge in [-0.3, -0.25) is 4.90 Å². The minimum absolute atomic E-state index is 0.0283. The first kappa shape index (κ1) is 34.4. The molecule has 262 valence electrons. The Morgan fingerprint density at radius 1 is 0.720 bits per heavy atom. The van der Waals surface area contributed by atoms with Gasteiger partial charge < -0.3 is 30.1 Å². The molecular weight excluding hydrogens is 624 g/mol. The Hall–Kier alpha value is -4.05. The van der Waals surface area contributed by atoms with Crippen molar-refractivity contribution in [2.75, 3.05) is 32.7 Å². The van der Waals surface area contributed by atoms with Crippen LogP contribution >= 0.6 is 0 Å².